The molecule has 2 heterocycles. The quantitative estimate of drug-likeness (QED) is 0.889. The number of hydrogen-bond donors (Lipinski definition) is 1. The summed E-state index contributed by atoms with van der Waals surface area (Å²) in [6.07, 6.45) is 1.01. The maximum Gasteiger partial charge on any atom is 0.236 e. The number of ether oxygens (including phenoxy) is 1. The van der Waals surface area contributed by atoms with E-state index in [1.807, 2.05) is 29.1 Å². The Kier molecular flexibility index (Phi) is 3.68. The third kappa shape index (κ3) is 2.61. The summed E-state index contributed by atoms with van der Waals surface area (Å²) < 4.78 is 7.62. The Morgan fingerprint density at radius 2 is 2.35 bits per heavy atom. The fourth-order valence-electron chi connectivity index (χ4n) is 1.62. The lowest BCUT2D eigenvalue weighted by Crippen LogP contribution is -2.05. The molecule has 2 N–H and O–H groups in total. The van der Waals surface area contributed by atoms with Gasteiger partial charge in [0.1, 0.15) is 12.3 Å². The Labute approximate surface area is 105 Å². The van der Waals surface area contributed by atoms with Crippen LogP contribution in [-0.4, -0.2) is 9.78 Å². The Morgan fingerprint density at radius 3 is 3.00 bits per heavy atom. The first-order chi connectivity index (χ1) is 8.22. The summed E-state index contributed by atoms with van der Waals surface area (Å²) in [6.45, 7) is 5.39. The maximum atomic E-state index is 5.97. The summed E-state index contributed by atoms with van der Waals surface area (Å²) in [7, 11) is 0. The number of nitrogens with two attached hydrogens (primary N) is 1. The van der Waals surface area contributed by atoms with Crippen LogP contribution in [0.15, 0.2) is 17.5 Å². The largest absolute Gasteiger partial charge is 0.471 e. The highest BCUT2D eigenvalue weighted by Crippen LogP contribution is 2.26. The summed E-state index contributed by atoms with van der Waals surface area (Å²) >= 11 is 1.68. The van der Waals surface area contributed by atoms with Crippen molar-refractivity contribution >= 4 is 17.0 Å². The highest BCUT2D eigenvalue weighted by Gasteiger charge is 2.13. The number of nitrogens with zero attached hydrogens (tertiary/aromatic N) is 2. The molecule has 92 valence electrons. The van der Waals surface area contributed by atoms with Gasteiger partial charge in [0.05, 0.1) is 5.69 Å². The van der Waals surface area contributed by atoms with E-state index in [9.17, 15) is 0 Å². The lowest BCUT2D eigenvalue weighted by molar-refractivity contribution is 0.276. The van der Waals surface area contributed by atoms with Crippen LogP contribution in [0, 0.1) is 6.92 Å². The van der Waals surface area contributed by atoms with Crippen LogP contribution >= 0.6 is 11.3 Å². The molecule has 2 aromatic rings. The molecule has 0 aromatic carbocycles. The van der Waals surface area contributed by atoms with Crippen LogP contribution in [-0.2, 0) is 13.2 Å². The van der Waals surface area contributed by atoms with E-state index in [4.69, 9.17) is 10.5 Å². The minimum absolute atomic E-state index is 0.552. The van der Waals surface area contributed by atoms with Crippen molar-refractivity contribution in [2.45, 2.75) is 33.4 Å². The Bertz CT molecular complexity index is 476. The van der Waals surface area contributed by atoms with Gasteiger partial charge in [-0.25, -0.2) is 4.68 Å². The standard InChI is InChI=1S/C12H17N3OS/c1-3-6-15-12(11(13)9(2)14-15)16-8-10-5-4-7-17-10/h4-5,7H,3,6,8,13H2,1-2H3. The molecule has 0 spiro atoms. The van der Waals surface area contributed by atoms with Crippen LogP contribution in [0.5, 0.6) is 5.88 Å². The minimum Gasteiger partial charge on any atom is -0.471 e. The lowest BCUT2D eigenvalue weighted by atomic mass is 10.4. The zero-order chi connectivity index (χ0) is 12.3. The van der Waals surface area contributed by atoms with E-state index in [1.165, 1.54) is 4.88 Å². The average molecular weight is 251 g/mol. The van der Waals surface area contributed by atoms with E-state index >= 15 is 0 Å². The fraction of sp³-hybridized carbons (Fsp3) is 0.417. The molecule has 0 radical (unpaired) electrons. The topological polar surface area (TPSA) is 53.1 Å². The molecule has 0 fully saturated rings. The maximum absolute atomic E-state index is 5.97. The third-order valence-electron chi connectivity index (χ3n) is 2.49. The van der Waals surface area contributed by atoms with Crippen molar-refractivity contribution in [3.8, 4) is 5.88 Å². The van der Waals surface area contributed by atoms with Gasteiger partial charge in [-0.2, -0.15) is 5.10 Å². The first-order valence-corrected chi connectivity index (χ1v) is 6.58. The van der Waals surface area contributed by atoms with E-state index in [1.54, 1.807) is 11.3 Å². The fourth-order valence-corrected chi connectivity index (χ4v) is 2.24. The van der Waals surface area contributed by atoms with Crippen LogP contribution in [0.25, 0.3) is 0 Å². The molecule has 0 amide bonds. The molecule has 0 unspecified atom stereocenters. The van der Waals surface area contributed by atoms with Gasteiger partial charge in [0.2, 0.25) is 5.88 Å². The van der Waals surface area contributed by atoms with Gasteiger partial charge in [0.15, 0.2) is 0 Å². The second-order valence-electron chi connectivity index (χ2n) is 3.90. The van der Waals surface area contributed by atoms with Crippen molar-refractivity contribution in [3.63, 3.8) is 0 Å². The average Bonchev–Trinajstić information content (AvgIpc) is 2.89. The number of thiophene rings is 1. The first-order valence-electron chi connectivity index (χ1n) is 5.70. The molecule has 0 aliphatic heterocycles. The molecule has 0 saturated heterocycles. The number of nitrogen functional groups attached to an aromatic ring is 1. The van der Waals surface area contributed by atoms with Crippen LogP contribution in [0.3, 0.4) is 0 Å². The molecule has 0 aliphatic rings. The summed E-state index contributed by atoms with van der Waals surface area (Å²) in [5.74, 6) is 0.692. The molecular weight excluding hydrogens is 234 g/mol. The van der Waals surface area contributed by atoms with E-state index in [0.29, 0.717) is 18.2 Å². The molecule has 17 heavy (non-hydrogen) atoms. The Morgan fingerprint density at radius 1 is 1.53 bits per heavy atom. The SMILES string of the molecule is CCCn1nc(C)c(N)c1OCc1cccs1. The van der Waals surface area contributed by atoms with Crippen molar-refractivity contribution in [2.24, 2.45) is 0 Å². The monoisotopic (exact) mass is 251 g/mol. The van der Waals surface area contributed by atoms with Gasteiger partial charge in [0, 0.05) is 11.4 Å². The van der Waals surface area contributed by atoms with Crippen LogP contribution in [0.4, 0.5) is 5.69 Å². The molecule has 2 aromatic heterocycles. The third-order valence-corrected chi connectivity index (χ3v) is 3.34. The second kappa shape index (κ2) is 5.23. The van der Waals surface area contributed by atoms with Gasteiger partial charge < -0.3 is 10.5 Å². The minimum atomic E-state index is 0.552. The van der Waals surface area contributed by atoms with Crippen molar-refractivity contribution in [3.05, 3.63) is 28.1 Å². The van der Waals surface area contributed by atoms with E-state index in [2.05, 4.69) is 12.0 Å². The van der Waals surface area contributed by atoms with E-state index in [-0.39, 0.29) is 0 Å². The number of anilines is 1. The smallest absolute Gasteiger partial charge is 0.236 e. The van der Waals surface area contributed by atoms with Crippen molar-refractivity contribution in [2.75, 3.05) is 5.73 Å². The van der Waals surface area contributed by atoms with Crippen LogP contribution < -0.4 is 10.5 Å². The van der Waals surface area contributed by atoms with Gasteiger partial charge in [-0.1, -0.05) is 13.0 Å². The van der Waals surface area contributed by atoms with Gasteiger partial charge in [-0.15, -0.1) is 11.3 Å². The van der Waals surface area contributed by atoms with E-state index in [0.717, 1.165) is 18.7 Å². The molecular formula is C12H17N3OS. The lowest BCUT2D eigenvalue weighted by Gasteiger charge is -2.08. The molecule has 4 nitrogen and oxygen atoms in total. The van der Waals surface area contributed by atoms with Crippen molar-refractivity contribution < 1.29 is 4.74 Å². The predicted molar refractivity (Wildman–Crippen MR) is 70.3 cm³/mol. The molecule has 2 rings (SSSR count). The van der Waals surface area contributed by atoms with E-state index < -0.39 is 0 Å². The Balaban J connectivity index is 2.13. The number of aromatic nitrogens is 2. The molecule has 0 aliphatic carbocycles. The number of hydrogen-bond acceptors (Lipinski definition) is 4. The molecule has 5 heteroatoms. The zero-order valence-electron chi connectivity index (χ0n) is 10.1. The van der Waals surface area contributed by atoms with Gasteiger partial charge in [0.25, 0.3) is 0 Å². The Hall–Kier alpha value is -1.49. The summed E-state index contributed by atoms with van der Waals surface area (Å²) in [4.78, 5) is 1.19. The molecule has 0 atom stereocenters. The van der Waals surface area contributed by atoms with Gasteiger partial charge >= 0.3 is 0 Å². The zero-order valence-corrected chi connectivity index (χ0v) is 11.0. The second-order valence-corrected chi connectivity index (χ2v) is 4.93. The van der Waals surface area contributed by atoms with Gasteiger partial charge in [-0.3, -0.25) is 0 Å². The number of aryl methyl sites for hydroxylation is 2. The van der Waals surface area contributed by atoms with Crippen molar-refractivity contribution in [1.82, 2.24) is 9.78 Å². The van der Waals surface area contributed by atoms with Crippen molar-refractivity contribution in [1.29, 1.82) is 0 Å². The van der Waals surface area contributed by atoms with Crippen LogP contribution in [0.1, 0.15) is 23.9 Å². The number of rotatable bonds is 5. The summed E-state index contributed by atoms with van der Waals surface area (Å²) in [5, 5.41) is 6.41. The predicted octanol–water partition coefficient (Wildman–Crippen LogP) is 2.82. The van der Waals surface area contributed by atoms with Crippen LogP contribution in [0.2, 0.25) is 0 Å². The normalized spacial score (nSPS) is 10.7. The summed E-state index contributed by atoms with van der Waals surface area (Å²) in [6, 6.07) is 4.07. The molecule has 0 saturated carbocycles. The first kappa shape index (κ1) is 12.0. The molecule has 0 bridgehead atoms. The highest BCUT2D eigenvalue weighted by molar-refractivity contribution is 7.09. The highest BCUT2D eigenvalue weighted by atomic mass is 32.1. The summed E-state index contributed by atoms with van der Waals surface area (Å²) in [5.41, 5.74) is 7.45. The van der Waals surface area contributed by atoms with Gasteiger partial charge in [-0.05, 0) is 24.8 Å².